The van der Waals surface area contributed by atoms with E-state index in [1.807, 2.05) is 0 Å². The number of carboxylic acid groups (broad SMARTS) is 1. The molecule has 1 unspecified atom stereocenters. The Morgan fingerprint density at radius 2 is 2.13 bits per heavy atom. The average Bonchev–Trinajstić information content (AvgIpc) is 2.68. The highest BCUT2D eigenvalue weighted by Crippen LogP contribution is 2.02. The number of nitrogens with one attached hydrogen (secondary N) is 1. The molecule has 1 rings (SSSR count). The van der Waals surface area contributed by atoms with E-state index < -0.39 is 24.0 Å². The number of carboxylic acids is 1. The molecule has 0 fully saturated rings. The third-order valence-corrected chi connectivity index (χ3v) is 1.94. The van der Waals surface area contributed by atoms with Gasteiger partial charge in [0, 0.05) is 0 Å². The van der Waals surface area contributed by atoms with Gasteiger partial charge in [-0.3, -0.25) is 9.59 Å². The monoisotopic (exact) mass is 212 g/mol. The Morgan fingerprint density at radius 3 is 2.60 bits per heavy atom. The van der Waals surface area contributed by atoms with E-state index >= 15 is 0 Å². The molecule has 1 aromatic rings. The molecule has 0 spiro atoms. The highest BCUT2D eigenvalue weighted by Gasteiger charge is 2.20. The van der Waals surface area contributed by atoms with Crippen molar-refractivity contribution in [2.75, 3.05) is 0 Å². The minimum absolute atomic E-state index is 0.407. The molecule has 0 aromatic carbocycles. The summed E-state index contributed by atoms with van der Waals surface area (Å²) in [4.78, 5) is 25.7. The molecule has 0 aliphatic rings. The molecule has 1 amide bonds. The number of nitrogens with zero attached hydrogens (tertiary/aromatic N) is 3. The highest BCUT2D eigenvalue weighted by molar-refractivity contribution is 5.85. The standard InChI is InChI=1S/C8H12N4O3/c1-5(8(14)15)11-7(13)6(2)12-4-9-3-10-12/h3-6H,1-2H3,(H,11,13)(H,14,15)/t5-,6?/m1/s1. The van der Waals surface area contributed by atoms with Gasteiger partial charge in [-0.15, -0.1) is 0 Å². The van der Waals surface area contributed by atoms with Gasteiger partial charge in [-0.25, -0.2) is 9.67 Å². The second kappa shape index (κ2) is 4.54. The minimum atomic E-state index is -1.07. The van der Waals surface area contributed by atoms with Crippen molar-refractivity contribution in [3.8, 4) is 0 Å². The van der Waals surface area contributed by atoms with E-state index in [0.29, 0.717) is 0 Å². The average molecular weight is 212 g/mol. The molecule has 82 valence electrons. The second-order valence-electron chi connectivity index (χ2n) is 3.12. The zero-order valence-corrected chi connectivity index (χ0v) is 8.41. The van der Waals surface area contributed by atoms with E-state index in [1.165, 1.54) is 24.3 Å². The summed E-state index contributed by atoms with van der Waals surface area (Å²) < 4.78 is 1.35. The molecular weight excluding hydrogens is 200 g/mol. The highest BCUT2D eigenvalue weighted by atomic mass is 16.4. The summed E-state index contributed by atoms with van der Waals surface area (Å²) in [7, 11) is 0. The molecule has 15 heavy (non-hydrogen) atoms. The van der Waals surface area contributed by atoms with Gasteiger partial charge < -0.3 is 10.4 Å². The molecule has 7 heteroatoms. The van der Waals surface area contributed by atoms with Crippen LogP contribution in [-0.2, 0) is 9.59 Å². The lowest BCUT2D eigenvalue weighted by Crippen LogP contribution is -2.41. The maximum atomic E-state index is 11.5. The fraction of sp³-hybridized carbons (Fsp3) is 0.500. The van der Waals surface area contributed by atoms with Crippen LogP contribution in [0.2, 0.25) is 0 Å². The first-order valence-corrected chi connectivity index (χ1v) is 4.39. The van der Waals surface area contributed by atoms with Gasteiger partial charge in [0.2, 0.25) is 5.91 Å². The van der Waals surface area contributed by atoms with Gasteiger partial charge in [-0.2, -0.15) is 5.10 Å². The number of aromatic nitrogens is 3. The van der Waals surface area contributed by atoms with Crippen LogP contribution < -0.4 is 5.32 Å². The van der Waals surface area contributed by atoms with Gasteiger partial charge in [0.25, 0.3) is 0 Å². The molecule has 0 bridgehead atoms. The van der Waals surface area contributed by atoms with Gasteiger partial charge in [-0.05, 0) is 13.8 Å². The molecule has 0 saturated carbocycles. The number of hydrogen-bond acceptors (Lipinski definition) is 4. The molecule has 0 aliphatic heterocycles. The van der Waals surface area contributed by atoms with Crippen LogP contribution in [-0.4, -0.2) is 37.8 Å². The van der Waals surface area contributed by atoms with Crippen LogP contribution in [0.25, 0.3) is 0 Å². The molecule has 0 radical (unpaired) electrons. The summed E-state index contributed by atoms with van der Waals surface area (Å²) in [5.74, 6) is -1.48. The quantitative estimate of drug-likeness (QED) is 0.696. The van der Waals surface area contributed by atoms with Crippen LogP contribution in [0.1, 0.15) is 19.9 Å². The first kappa shape index (κ1) is 11.2. The number of carbonyl (C=O) groups excluding carboxylic acids is 1. The van der Waals surface area contributed by atoms with E-state index in [2.05, 4.69) is 15.4 Å². The van der Waals surface area contributed by atoms with E-state index in [4.69, 9.17) is 5.11 Å². The Labute approximate surface area is 86.1 Å². The summed E-state index contributed by atoms with van der Waals surface area (Å²) in [6, 6.07) is -1.49. The third kappa shape index (κ3) is 2.76. The predicted octanol–water partition coefficient (Wildman–Crippen LogP) is -0.572. The summed E-state index contributed by atoms with van der Waals surface area (Å²) in [5, 5.41) is 14.7. The lowest BCUT2D eigenvalue weighted by atomic mass is 10.2. The normalized spacial score (nSPS) is 14.3. The molecule has 7 nitrogen and oxygen atoms in total. The first-order chi connectivity index (χ1) is 7.02. The van der Waals surface area contributed by atoms with Gasteiger partial charge in [0.05, 0.1) is 0 Å². The topological polar surface area (TPSA) is 97.1 Å². The van der Waals surface area contributed by atoms with Gasteiger partial charge >= 0.3 is 5.97 Å². The molecule has 0 saturated heterocycles. The summed E-state index contributed by atoms with van der Waals surface area (Å²) in [6.45, 7) is 3.01. The number of carbonyl (C=O) groups is 2. The van der Waals surface area contributed by atoms with Crippen molar-refractivity contribution in [3.05, 3.63) is 12.7 Å². The molecule has 1 aromatic heterocycles. The van der Waals surface area contributed by atoms with Gasteiger partial charge in [0.15, 0.2) is 0 Å². The largest absolute Gasteiger partial charge is 0.480 e. The smallest absolute Gasteiger partial charge is 0.325 e. The Kier molecular flexibility index (Phi) is 3.37. The molecular formula is C8H12N4O3. The second-order valence-corrected chi connectivity index (χ2v) is 3.12. The SMILES string of the molecule is CC(C(=O)N[C@H](C)C(=O)O)n1cncn1. The molecule has 2 atom stereocenters. The fourth-order valence-corrected chi connectivity index (χ4v) is 0.933. The molecule has 2 N–H and O–H groups in total. The summed E-state index contributed by atoms with van der Waals surface area (Å²) in [6.07, 6.45) is 2.71. The predicted molar refractivity (Wildman–Crippen MR) is 50.0 cm³/mol. The minimum Gasteiger partial charge on any atom is -0.480 e. The van der Waals surface area contributed by atoms with Crippen LogP contribution in [0, 0.1) is 0 Å². The van der Waals surface area contributed by atoms with Crippen LogP contribution in [0.3, 0.4) is 0 Å². The van der Waals surface area contributed by atoms with Crippen LogP contribution in [0.15, 0.2) is 12.7 Å². The number of amides is 1. The van der Waals surface area contributed by atoms with Crippen LogP contribution in [0.4, 0.5) is 0 Å². The fourth-order valence-electron chi connectivity index (χ4n) is 0.933. The van der Waals surface area contributed by atoms with E-state index in [0.717, 1.165) is 0 Å². The van der Waals surface area contributed by atoms with Crippen molar-refractivity contribution in [2.45, 2.75) is 25.9 Å². The summed E-state index contributed by atoms with van der Waals surface area (Å²) in [5.41, 5.74) is 0. The van der Waals surface area contributed by atoms with E-state index in [9.17, 15) is 9.59 Å². The van der Waals surface area contributed by atoms with Crippen molar-refractivity contribution in [2.24, 2.45) is 0 Å². The number of rotatable bonds is 4. The first-order valence-electron chi connectivity index (χ1n) is 4.39. The number of hydrogen-bond donors (Lipinski definition) is 2. The lowest BCUT2D eigenvalue weighted by Gasteiger charge is -2.14. The van der Waals surface area contributed by atoms with Crippen LogP contribution >= 0.6 is 0 Å². The Bertz CT molecular complexity index is 349. The lowest BCUT2D eigenvalue weighted by molar-refractivity contribution is -0.141. The maximum absolute atomic E-state index is 11.5. The van der Waals surface area contributed by atoms with Crippen molar-refractivity contribution in [3.63, 3.8) is 0 Å². The van der Waals surface area contributed by atoms with Gasteiger partial charge in [-0.1, -0.05) is 0 Å². The van der Waals surface area contributed by atoms with Crippen molar-refractivity contribution < 1.29 is 14.7 Å². The van der Waals surface area contributed by atoms with Gasteiger partial charge in [0.1, 0.15) is 24.7 Å². The Balaban J connectivity index is 2.58. The van der Waals surface area contributed by atoms with Crippen LogP contribution in [0.5, 0.6) is 0 Å². The summed E-state index contributed by atoms with van der Waals surface area (Å²) >= 11 is 0. The van der Waals surface area contributed by atoms with Crippen molar-refractivity contribution in [1.29, 1.82) is 0 Å². The van der Waals surface area contributed by atoms with E-state index in [-0.39, 0.29) is 0 Å². The molecule has 1 heterocycles. The molecule has 0 aliphatic carbocycles. The maximum Gasteiger partial charge on any atom is 0.325 e. The zero-order chi connectivity index (χ0) is 11.4. The number of aliphatic carboxylic acids is 1. The Hall–Kier alpha value is -1.92. The third-order valence-electron chi connectivity index (χ3n) is 1.94. The van der Waals surface area contributed by atoms with Crippen molar-refractivity contribution in [1.82, 2.24) is 20.1 Å². The zero-order valence-electron chi connectivity index (χ0n) is 8.41. The Morgan fingerprint density at radius 1 is 1.47 bits per heavy atom. The van der Waals surface area contributed by atoms with E-state index in [1.54, 1.807) is 6.92 Å². The van der Waals surface area contributed by atoms with Crippen molar-refractivity contribution >= 4 is 11.9 Å².